The lowest BCUT2D eigenvalue weighted by Crippen LogP contribution is -2.28. The van der Waals surface area contributed by atoms with Gasteiger partial charge in [-0.25, -0.2) is 4.98 Å². The molecule has 9 heteroatoms. The highest BCUT2D eigenvalue weighted by atomic mass is 35.5. The highest BCUT2D eigenvalue weighted by Crippen LogP contribution is 2.35. The third-order valence-corrected chi connectivity index (χ3v) is 5.23. The minimum atomic E-state index is -0.456. The standard InChI is InChI=1S/C18H21ClN4O3S/c1-22(2)9-13-10-27-18(20-13)21-17(25)11-6-16(24)23(8-11)14-7-12(19)4-5-15(14)26-3/h4-5,7,10-11H,6,8-9H2,1-3H3,(H,20,21,25). The van der Waals surface area contributed by atoms with Gasteiger partial charge < -0.3 is 19.9 Å². The number of carbonyl (C=O) groups excluding carboxylic acids is 2. The van der Waals surface area contributed by atoms with Crippen molar-refractivity contribution in [2.24, 2.45) is 5.92 Å². The highest BCUT2D eigenvalue weighted by Gasteiger charge is 2.36. The predicted octanol–water partition coefficient (Wildman–Crippen LogP) is 2.86. The minimum Gasteiger partial charge on any atom is -0.495 e. The van der Waals surface area contributed by atoms with Crippen LogP contribution in [0.4, 0.5) is 10.8 Å². The molecule has 1 N–H and O–H groups in total. The number of hydrogen-bond donors (Lipinski definition) is 1. The summed E-state index contributed by atoms with van der Waals surface area (Å²) in [5.41, 5.74) is 1.47. The van der Waals surface area contributed by atoms with Gasteiger partial charge in [-0.1, -0.05) is 11.6 Å². The van der Waals surface area contributed by atoms with Gasteiger partial charge in [0.05, 0.1) is 24.4 Å². The van der Waals surface area contributed by atoms with Crippen LogP contribution in [0.15, 0.2) is 23.6 Å². The first kappa shape index (κ1) is 19.6. The van der Waals surface area contributed by atoms with E-state index in [2.05, 4.69) is 10.3 Å². The van der Waals surface area contributed by atoms with Crippen LogP contribution < -0.4 is 15.0 Å². The molecule has 1 aliphatic rings. The van der Waals surface area contributed by atoms with Crippen molar-refractivity contribution < 1.29 is 14.3 Å². The van der Waals surface area contributed by atoms with Gasteiger partial charge >= 0.3 is 0 Å². The quantitative estimate of drug-likeness (QED) is 0.795. The number of rotatable bonds is 6. The number of ether oxygens (including phenoxy) is 1. The van der Waals surface area contributed by atoms with Crippen LogP contribution >= 0.6 is 22.9 Å². The minimum absolute atomic E-state index is 0.136. The molecule has 7 nitrogen and oxygen atoms in total. The smallest absolute Gasteiger partial charge is 0.231 e. The van der Waals surface area contributed by atoms with Gasteiger partial charge in [0.2, 0.25) is 11.8 Å². The summed E-state index contributed by atoms with van der Waals surface area (Å²) in [5.74, 6) is -0.259. The summed E-state index contributed by atoms with van der Waals surface area (Å²) >= 11 is 7.44. The van der Waals surface area contributed by atoms with Crippen molar-refractivity contribution >= 4 is 45.6 Å². The van der Waals surface area contributed by atoms with Gasteiger partial charge in [-0.15, -0.1) is 11.3 Å². The number of methoxy groups -OCH3 is 1. The van der Waals surface area contributed by atoms with Crippen molar-refractivity contribution in [3.8, 4) is 5.75 Å². The van der Waals surface area contributed by atoms with Crippen LogP contribution in [0.5, 0.6) is 5.75 Å². The van der Waals surface area contributed by atoms with Crippen molar-refractivity contribution in [1.29, 1.82) is 0 Å². The van der Waals surface area contributed by atoms with Crippen molar-refractivity contribution in [3.63, 3.8) is 0 Å². The zero-order valence-corrected chi connectivity index (χ0v) is 16.9. The average Bonchev–Trinajstić information content (AvgIpc) is 3.20. The number of benzene rings is 1. The first-order valence-corrected chi connectivity index (χ1v) is 9.67. The van der Waals surface area contributed by atoms with Crippen LogP contribution in [0.3, 0.4) is 0 Å². The Bertz CT molecular complexity index is 855. The van der Waals surface area contributed by atoms with E-state index in [0.29, 0.717) is 28.1 Å². The third kappa shape index (κ3) is 4.58. The number of thiazole rings is 1. The van der Waals surface area contributed by atoms with E-state index in [9.17, 15) is 9.59 Å². The number of anilines is 2. The van der Waals surface area contributed by atoms with Gasteiger partial charge in [-0.3, -0.25) is 9.59 Å². The van der Waals surface area contributed by atoms with Gasteiger partial charge in [0, 0.05) is 29.9 Å². The second-order valence-corrected chi connectivity index (χ2v) is 7.89. The number of nitrogens with zero attached hydrogens (tertiary/aromatic N) is 3. The van der Waals surface area contributed by atoms with Crippen molar-refractivity contribution in [2.45, 2.75) is 13.0 Å². The van der Waals surface area contributed by atoms with E-state index < -0.39 is 5.92 Å². The number of aromatic nitrogens is 1. The van der Waals surface area contributed by atoms with E-state index in [0.717, 1.165) is 5.69 Å². The molecule has 1 aromatic carbocycles. The number of hydrogen-bond acceptors (Lipinski definition) is 6. The normalized spacial score (nSPS) is 16.9. The van der Waals surface area contributed by atoms with Gasteiger partial charge in [0.25, 0.3) is 0 Å². The fraction of sp³-hybridized carbons (Fsp3) is 0.389. The molecule has 1 fully saturated rings. The van der Waals surface area contributed by atoms with Crippen LogP contribution in [0.25, 0.3) is 0 Å². The van der Waals surface area contributed by atoms with Gasteiger partial charge in [-0.05, 0) is 32.3 Å². The fourth-order valence-corrected chi connectivity index (χ4v) is 3.83. The molecule has 1 aliphatic heterocycles. The molecule has 0 bridgehead atoms. The Morgan fingerprint density at radius 1 is 1.48 bits per heavy atom. The van der Waals surface area contributed by atoms with Crippen LogP contribution in [0.1, 0.15) is 12.1 Å². The van der Waals surface area contributed by atoms with E-state index in [1.807, 2.05) is 24.4 Å². The zero-order valence-electron chi connectivity index (χ0n) is 15.4. The summed E-state index contributed by atoms with van der Waals surface area (Å²) in [6, 6.07) is 5.08. The lowest BCUT2D eigenvalue weighted by Gasteiger charge is -2.19. The summed E-state index contributed by atoms with van der Waals surface area (Å²) in [6.45, 7) is 0.980. The highest BCUT2D eigenvalue weighted by molar-refractivity contribution is 7.13. The Labute approximate surface area is 166 Å². The number of halogens is 1. The second-order valence-electron chi connectivity index (χ2n) is 6.59. The van der Waals surface area contributed by atoms with E-state index in [1.165, 1.54) is 18.4 Å². The molecular formula is C18H21ClN4O3S. The predicted molar refractivity (Wildman–Crippen MR) is 107 cm³/mol. The molecule has 1 unspecified atom stereocenters. The molecule has 0 spiro atoms. The second kappa shape index (κ2) is 8.24. The average molecular weight is 409 g/mol. The Morgan fingerprint density at radius 3 is 2.96 bits per heavy atom. The Balaban J connectivity index is 1.69. The van der Waals surface area contributed by atoms with Crippen molar-refractivity contribution in [2.75, 3.05) is 38.0 Å². The van der Waals surface area contributed by atoms with Crippen LogP contribution in [0, 0.1) is 5.92 Å². The van der Waals surface area contributed by atoms with Crippen molar-refractivity contribution in [1.82, 2.24) is 9.88 Å². The lowest BCUT2D eigenvalue weighted by molar-refractivity contribution is -0.122. The van der Waals surface area contributed by atoms with Crippen molar-refractivity contribution in [3.05, 3.63) is 34.3 Å². The monoisotopic (exact) mass is 408 g/mol. The molecule has 27 heavy (non-hydrogen) atoms. The summed E-state index contributed by atoms with van der Waals surface area (Å²) in [7, 11) is 5.45. The molecule has 3 rings (SSSR count). The molecule has 2 amide bonds. The van der Waals surface area contributed by atoms with Crippen LogP contribution in [-0.4, -0.2) is 49.4 Å². The first-order valence-electron chi connectivity index (χ1n) is 8.41. The number of carbonyl (C=O) groups is 2. The Hall–Kier alpha value is -2.16. The van der Waals surface area contributed by atoms with Gasteiger partial charge in [0.1, 0.15) is 5.75 Å². The lowest BCUT2D eigenvalue weighted by atomic mass is 10.1. The largest absolute Gasteiger partial charge is 0.495 e. The summed E-state index contributed by atoms with van der Waals surface area (Å²) < 4.78 is 5.32. The molecule has 1 saturated heterocycles. The molecule has 144 valence electrons. The maximum atomic E-state index is 12.6. The summed E-state index contributed by atoms with van der Waals surface area (Å²) in [4.78, 5) is 33.0. The molecule has 0 saturated carbocycles. The molecule has 0 aliphatic carbocycles. The van der Waals surface area contributed by atoms with E-state index in [4.69, 9.17) is 16.3 Å². The Morgan fingerprint density at radius 2 is 2.26 bits per heavy atom. The topological polar surface area (TPSA) is 74.8 Å². The summed E-state index contributed by atoms with van der Waals surface area (Å²) in [6.07, 6.45) is 0.136. The van der Waals surface area contributed by atoms with Gasteiger partial charge in [0.15, 0.2) is 5.13 Å². The molecule has 2 aromatic rings. The van der Waals surface area contributed by atoms with E-state index in [1.54, 1.807) is 23.1 Å². The maximum Gasteiger partial charge on any atom is 0.231 e. The van der Waals surface area contributed by atoms with Crippen LogP contribution in [0.2, 0.25) is 5.02 Å². The number of nitrogens with one attached hydrogen (secondary N) is 1. The fourth-order valence-electron chi connectivity index (χ4n) is 2.96. The maximum absolute atomic E-state index is 12.6. The molecule has 0 radical (unpaired) electrons. The third-order valence-electron chi connectivity index (χ3n) is 4.19. The zero-order chi connectivity index (χ0) is 19.6. The molecule has 1 aromatic heterocycles. The molecule has 2 heterocycles. The SMILES string of the molecule is COc1ccc(Cl)cc1N1CC(C(=O)Nc2nc(CN(C)C)cs2)CC1=O. The van der Waals surface area contributed by atoms with Gasteiger partial charge in [-0.2, -0.15) is 0 Å². The van der Waals surface area contributed by atoms with Crippen LogP contribution in [-0.2, 0) is 16.1 Å². The molecular weight excluding hydrogens is 388 g/mol. The number of amides is 2. The molecule has 1 atom stereocenters. The Kier molecular flexibility index (Phi) is 5.98. The van der Waals surface area contributed by atoms with E-state index >= 15 is 0 Å². The van der Waals surface area contributed by atoms with E-state index in [-0.39, 0.29) is 24.8 Å². The first-order chi connectivity index (χ1) is 12.9. The summed E-state index contributed by atoms with van der Waals surface area (Å²) in [5, 5.41) is 5.79.